The SMILES string of the molecule is CCC(C)N(C)CCNC1=NCC(C)(C)CS1. The first kappa shape index (κ1) is 14.8. The maximum atomic E-state index is 4.59. The van der Waals surface area contributed by atoms with Crippen molar-refractivity contribution in [3.8, 4) is 0 Å². The summed E-state index contributed by atoms with van der Waals surface area (Å²) in [4.78, 5) is 6.99. The Morgan fingerprint density at radius 3 is 2.76 bits per heavy atom. The lowest BCUT2D eigenvalue weighted by atomic mass is 9.97. The number of likely N-dealkylation sites (N-methyl/N-ethyl adjacent to an activating group) is 1. The number of amidine groups is 1. The Balaban J connectivity index is 2.22. The second kappa shape index (κ2) is 6.64. The van der Waals surface area contributed by atoms with Crippen molar-refractivity contribution in [2.45, 2.75) is 40.2 Å². The Bertz CT molecular complexity index is 263. The lowest BCUT2D eigenvalue weighted by Crippen LogP contribution is -2.38. The van der Waals surface area contributed by atoms with Crippen LogP contribution in [0, 0.1) is 5.41 Å². The minimum atomic E-state index is 0.364. The highest BCUT2D eigenvalue weighted by Gasteiger charge is 2.23. The molecule has 1 unspecified atom stereocenters. The van der Waals surface area contributed by atoms with Gasteiger partial charge in [0.25, 0.3) is 0 Å². The third kappa shape index (κ3) is 5.30. The molecule has 100 valence electrons. The zero-order chi connectivity index (χ0) is 12.9. The lowest BCUT2D eigenvalue weighted by Gasteiger charge is -2.28. The quantitative estimate of drug-likeness (QED) is 0.820. The van der Waals surface area contributed by atoms with Crippen LogP contribution in [0.4, 0.5) is 0 Å². The second-order valence-electron chi connectivity index (χ2n) is 5.74. The van der Waals surface area contributed by atoms with Crippen molar-refractivity contribution >= 4 is 16.9 Å². The Hall–Kier alpha value is -0.220. The predicted molar refractivity (Wildman–Crippen MR) is 78.9 cm³/mol. The first-order valence-electron chi connectivity index (χ1n) is 6.56. The molecule has 4 heteroatoms. The predicted octanol–water partition coefficient (Wildman–Crippen LogP) is 2.44. The van der Waals surface area contributed by atoms with Gasteiger partial charge >= 0.3 is 0 Å². The first-order valence-corrected chi connectivity index (χ1v) is 7.54. The van der Waals surface area contributed by atoms with Gasteiger partial charge in [-0.2, -0.15) is 0 Å². The Kier molecular flexibility index (Phi) is 5.80. The van der Waals surface area contributed by atoms with Gasteiger partial charge in [-0.3, -0.25) is 4.99 Å². The monoisotopic (exact) mass is 257 g/mol. The molecule has 0 aromatic heterocycles. The molecule has 3 nitrogen and oxygen atoms in total. The Morgan fingerprint density at radius 1 is 1.53 bits per heavy atom. The fourth-order valence-electron chi connectivity index (χ4n) is 1.62. The van der Waals surface area contributed by atoms with Crippen LogP contribution in [-0.2, 0) is 0 Å². The molecule has 1 aliphatic rings. The summed E-state index contributed by atoms with van der Waals surface area (Å²) in [5.41, 5.74) is 0.364. The number of thioether (sulfide) groups is 1. The second-order valence-corrected chi connectivity index (χ2v) is 6.70. The van der Waals surface area contributed by atoms with E-state index in [0.29, 0.717) is 11.5 Å². The highest BCUT2D eigenvalue weighted by atomic mass is 32.2. The van der Waals surface area contributed by atoms with Gasteiger partial charge in [0.15, 0.2) is 5.17 Å². The number of nitrogens with one attached hydrogen (secondary N) is 1. The van der Waals surface area contributed by atoms with Gasteiger partial charge in [0.05, 0.1) is 0 Å². The number of aliphatic imine (C=N–C) groups is 1. The smallest absolute Gasteiger partial charge is 0.156 e. The van der Waals surface area contributed by atoms with Crippen LogP contribution in [0.1, 0.15) is 34.1 Å². The van der Waals surface area contributed by atoms with Crippen LogP contribution >= 0.6 is 11.8 Å². The zero-order valence-corrected chi connectivity index (χ0v) is 12.7. The highest BCUT2D eigenvalue weighted by molar-refractivity contribution is 8.13. The van der Waals surface area contributed by atoms with E-state index in [2.05, 4.69) is 50.0 Å². The molecule has 17 heavy (non-hydrogen) atoms. The molecule has 0 fully saturated rings. The van der Waals surface area contributed by atoms with E-state index in [1.54, 1.807) is 0 Å². The fraction of sp³-hybridized carbons (Fsp3) is 0.923. The van der Waals surface area contributed by atoms with Crippen LogP contribution < -0.4 is 5.32 Å². The molecule has 1 atom stereocenters. The molecule has 0 saturated heterocycles. The molecule has 0 radical (unpaired) electrons. The van der Waals surface area contributed by atoms with Crippen LogP contribution in [0.5, 0.6) is 0 Å². The normalized spacial score (nSPS) is 21.2. The van der Waals surface area contributed by atoms with Crippen molar-refractivity contribution < 1.29 is 0 Å². The van der Waals surface area contributed by atoms with E-state index in [0.717, 1.165) is 24.8 Å². The van der Waals surface area contributed by atoms with Gasteiger partial charge in [-0.05, 0) is 25.8 Å². The zero-order valence-electron chi connectivity index (χ0n) is 11.9. The van der Waals surface area contributed by atoms with Crippen molar-refractivity contribution in [2.24, 2.45) is 10.4 Å². The maximum Gasteiger partial charge on any atom is 0.156 e. The first-order chi connectivity index (χ1) is 7.94. The standard InChI is InChI=1S/C13H27N3S/c1-6-11(2)16(5)8-7-14-12-15-9-13(3,4)10-17-12/h11H,6-10H2,1-5H3,(H,14,15). The summed E-state index contributed by atoms with van der Waals surface area (Å²) in [6.07, 6.45) is 1.21. The van der Waals surface area contributed by atoms with Crippen LogP contribution in [0.15, 0.2) is 4.99 Å². The third-order valence-electron chi connectivity index (χ3n) is 3.33. The van der Waals surface area contributed by atoms with Crippen molar-refractivity contribution in [3.05, 3.63) is 0 Å². The van der Waals surface area contributed by atoms with Gasteiger partial charge < -0.3 is 10.2 Å². The molecule has 0 aliphatic carbocycles. The molecule has 1 N–H and O–H groups in total. The molecular weight excluding hydrogens is 230 g/mol. The van der Waals surface area contributed by atoms with Gasteiger partial charge in [0.2, 0.25) is 0 Å². The molecule has 1 rings (SSSR count). The molecule has 0 spiro atoms. The van der Waals surface area contributed by atoms with Gasteiger partial charge in [0, 0.05) is 31.4 Å². The van der Waals surface area contributed by atoms with Crippen LogP contribution in [0.3, 0.4) is 0 Å². The molecule has 0 amide bonds. The summed E-state index contributed by atoms with van der Waals surface area (Å²) < 4.78 is 0. The minimum absolute atomic E-state index is 0.364. The lowest BCUT2D eigenvalue weighted by molar-refractivity contribution is 0.256. The molecule has 0 aromatic rings. The van der Waals surface area contributed by atoms with Crippen molar-refractivity contribution in [3.63, 3.8) is 0 Å². The van der Waals surface area contributed by atoms with E-state index >= 15 is 0 Å². The summed E-state index contributed by atoms with van der Waals surface area (Å²) in [5.74, 6) is 1.17. The molecule has 1 heterocycles. The molecule has 0 bridgehead atoms. The number of hydrogen-bond donors (Lipinski definition) is 1. The van der Waals surface area contributed by atoms with Gasteiger partial charge in [-0.25, -0.2) is 0 Å². The Morgan fingerprint density at radius 2 is 2.24 bits per heavy atom. The van der Waals surface area contributed by atoms with Crippen molar-refractivity contribution in [1.29, 1.82) is 0 Å². The number of hydrogen-bond acceptors (Lipinski definition) is 4. The minimum Gasteiger partial charge on any atom is -0.364 e. The number of nitrogens with zero attached hydrogens (tertiary/aromatic N) is 2. The van der Waals surface area contributed by atoms with E-state index in [1.807, 2.05) is 11.8 Å². The summed E-state index contributed by atoms with van der Waals surface area (Å²) in [6.45, 7) is 12.1. The summed E-state index contributed by atoms with van der Waals surface area (Å²) in [6, 6.07) is 0.664. The van der Waals surface area contributed by atoms with E-state index in [1.165, 1.54) is 12.2 Å². The van der Waals surface area contributed by atoms with Gasteiger partial charge in [-0.15, -0.1) is 0 Å². The van der Waals surface area contributed by atoms with Gasteiger partial charge in [-0.1, -0.05) is 32.5 Å². The topological polar surface area (TPSA) is 27.6 Å². The molecule has 0 saturated carbocycles. The van der Waals surface area contributed by atoms with E-state index in [4.69, 9.17) is 0 Å². The average Bonchev–Trinajstić information content (AvgIpc) is 2.30. The summed E-state index contributed by atoms with van der Waals surface area (Å²) in [7, 11) is 2.19. The fourth-order valence-corrected chi connectivity index (χ4v) is 2.60. The van der Waals surface area contributed by atoms with Crippen LogP contribution in [-0.4, -0.2) is 48.5 Å². The van der Waals surface area contributed by atoms with Crippen LogP contribution in [0.25, 0.3) is 0 Å². The summed E-state index contributed by atoms with van der Waals surface area (Å²) in [5, 5.41) is 4.57. The molecule has 0 aromatic carbocycles. The summed E-state index contributed by atoms with van der Waals surface area (Å²) >= 11 is 1.86. The third-order valence-corrected chi connectivity index (χ3v) is 4.81. The van der Waals surface area contributed by atoms with Crippen molar-refractivity contribution in [2.75, 3.05) is 32.4 Å². The molecular formula is C13H27N3S. The Labute approximate surface area is 110 Å². The average molecular weight is 257 g/mol. The largest absolute Gasteiger partial charge is 0.364 e. The van der Waals surface area contributed by atoms with Crippen LogP contribution in [0.2, 0.25) is 0 Å². The van der Waals surface area contributed by atoms with E-state index in [-0.39, 0.29) is 0 Å². The van der Waals surface area contributed by atoms with E-state index < -0.39 is 0 Å². The molecule has 1 aliphatic heterocycles. The highest BCUT2D eigenvalue weighted by Crippen LogP contribution is 2.26. The van der Waals surface area contributed by atoms with Gasteiger partial charge in [0.1, 0.15) is 0 Å². The number of rotatable bonds is 5. The maximum absolute atomic E-state index is 4.59. The van der Waals surface area contributed by atoms with E-state index in [9.17, 15) is 0 Å². The van der Waals surface area contributed by atoms with Crippen molar-refractivity contribution in [1.82, 2.24) is 10.2 Å².